The first-order valence-electron chi connectivity index (χ1n) is 3.67. The van der Waals surface area contributed by atoms with Gasteiger partial charge in [-0.15, -0.1) is 0 Å². The van der Waals surface area contributed by atoms with Gasteiger partial charge in [0, 0.05) is 5.92 Å². The Hall–Kier alpha value is -1.01. The average molecular weight is 153 g/mol. The highest BCUT2D eigenvalue weighted by atomic mass is 16.6. The van der Waals surface area contributed by atoms with E-state index in [0.29, 0.717) is 5.92 Å². The molecule has 1 amide bonds. The van der Waals surface area contributed by atoms with Gasteiger partial charge in [-0.25, -0.2) is 5.48 Å². The van der Waals surface area contributed by atoms with E-state index in [0.717, 1.165) is 12.8 Å². The summed E-state index contributed by atoms with van der Waals surface area (Å²) in [5.74, 6) is 5.40. The monoisotopic (exact) mass is 153 g/mol. The lowest BCUT2D eigenvalue weighted by atomic mass is 9.86. The first-order chi connectivity index (χ1) is 5.33. The molecule has 0 aliphatic heterocycles. The minimum atomic E-state index is -0.362. The molecule has 0 aromatic heterocycles. The topological polar surface area (TPSA) is 38.3 Å². The van der Waals surface area contributed by atoms with Crippen LogP contribution < -0.4 is 5.48 Å². The molecule has 1 N–H and O–H groups in total. The smallest absolute Gasteiger partial charge is 0.276 e. The van der Waals surface area contributed by atoms with Crippen molar-refractivity contribution < 1.29 is 9.63 Å². The Morgan fingerprint density at radius 2 is 2.36 bits per heavy atom. The van der Waals surface area contributed by atoms with Gasteiger partial charge in [0.15, 0.2) is 0 Å². The lowest BCUT2D eigenvalue weighted by molar-refractivity contribution is -0.125. The highest BCUT2D eigenvalue weighted by Gasteiger charge is 2.13. The second-order valence-electron chi connectivity index (χ2n) is 2.53. The first-order valence-corrected chi connectivity index (χ1v) is 3.67. The Balaban J connectivity index is 2.24. The molecule has 0 aromatic rings. The Labute approximate surface area is 66.1 Å². The van der Waals surface area contributed by atoms with Crippen LogP contribution in [0.3, 0.4) is 0 Å². The Kier molecular flexibility index (Phi) is 2.94. The summed E-state index contributed by atoms with van der Waals surface area (Å²) in [6, 6.07) is 0. The summed E-state index contributed by atoms with van der Waals surface area (Å²) in [5.41, 5.74) is 2.14. The van der Waals surface area contributed by atoms with Crippen LogP contribution in [-0.4, -0.2) is 13.0 Å². The van der Waals surface area contributed by atoms with E-state index >= 15 is 0 Å². The molecule has 11 heavy (non-hydrogen) atoms. The SMILES string of the molecule is CONC(=O)C#CC1CCC1. The maximum atomic E-state index is 10.7. The molecule has 1 fully saturated rings. The Morgan fingerprint density at radius 1 is 1.64 bits per heavy atom. The third kappa shape index (κ3) is 2.60. The van der Waals surface area contributed by atoms with E-state index in [1.165, 1.54) is 13.5 Å². The van der Waals surface area contributed by atoms with Crippen LogP contribution in [0.2, 0.25) is 0 Å². The third-order valence-corrected chi connectivity index (χ3v) is 1.69. The summed E-state index contributed by atoms with van der Waals surface area (Å²) >= 11 is 0. The molecule has 0 saturated heterocycles. The number of hydrogen-bond donors (Lipinski definition) is 1. The molecule has 0 aromatic carbocycles. The molecule has 3 nitrogen and oxygen atoms in total. The van der Waals surface area contributed by atoms with E-state index in [4.69, 9.17) is 0 Å². The average Bonchev–Trinajstić information content (AvgIpc) is 1.85. The van der Waals surface area contributed by atoms with Crippen molar-refractivity contribution >= 4 is 5.91 Å². The van der Waals surface area contributed by atoms with Crippen LogP contribution in [0.1, 0.15) is 19.3 Å². The molecule has 1 aliphatic rings. The van der Waals surface area contributed by atoms with Gasteiger partial charge in [0.2, 0.25) is 0 Å². The van der Waals surface area contributed by atoms with E-state index in [2.05, 4.69) is 22.2 Å². The van der Waals surface area contributed by atoms with E-state index < -0.39 is 0 Å². The van der Waals surface area contributed by atoms with E-state index in [1.807, 2.05) is 0 Å². The summed E-state index contributed by atoms with van der Waals surface area (Å²) in [6.07, 6.45) is 3.51. The van der Waals surface area contributed by atoms with Crippen molar-refractivity contribution in [3.8, 4) is 11.8 Å². The highest BCUT2D eigenvalue weighted by Crippen LogP contribution is 2.24. The van der Waals surface area contributed by atoms with Crippen LogP contribution in [0.5, 0.6) is 0 Å². The molecule has 1 aliphatic carbocycles. The van der Waals surface area contributed by atoms with Crippen LogP contribution >= 0.6 is 0 Å². The van der Waals surface area contributed by atoms with Crippen molar-refractivity contribution in [3.05, 3.63) is 0 Å². The van der Waals surface area contributed by atoms with Crippen molar-refractivity contribution in [1.82, 2.24) is 5.48 Å². The predicted molar refractivity (Wildman–Crippen MR) is 40.3 cm³/mol. The van der Waals surface area contributed by atoms with E-state index in [1.54, 1.807) is 0 Å². The lowest BCUT2D eigenvalue weighted by Gasteiger charge is -2.18. The molecule has 1 saturated carbocycles. The summed E-state index contributed by atoms with van der Waals surface area (Å²) in [4.78, 5) is 15.1. The zero-order chi connectivity index (χ0) is 8.10. The van der Waals surface area contributed by atoms with Crippen molar-refractivity contribution in [3.63, 3.8) is 0 Å². The van der Waals surface area contributed by atoms with Crippen LogP contribution in [0.25, 0.3) is 0 Å². The minimum absolute atomic E-state index is 0.362. The molecule has 0 spiro atoms. The van der Waals surface area contributed by atoms with Crippen LogP contribution in [0.15, 0.2) is 0 Å². The van der Waals surface area contributed by atoms with Crippen LogP contribution in [0, 0.1) is 17.8 Å². The summed E-state index contributed by atoms with van der Waals surface area (Å²) in [5, 5.41) is 0. The van der Waals surface area contributed by atoms with Gasteiger partial charge in [0.1, 0.15) is 0 Å². The zero-order valence-electron chi connectivity index (χ0n) is 6.52. The maximum absolute atomic E-state index is 10.7. The van der Waals surface area contributed by atoms with Crippen molar-refractivity contribution in [2.24, 2.45) is 5.92 Å². The van der Waals surface area contributed by atoms with Gasteiger partial charge in [-0.3, -0.25) is 9.63 Å². The summed E-state index contributed by atoms with van der Waals surface area (Å²) in [6.45, 7) is 0. The largest absolute Gasteiger partial charge is 0.319 e. The van der Waals surface area contributed by atoms with Crippen molar-refractivity contribution in [1.29, 1.82) is 0 Å². The standard InChI is InChI=1S/C8H11NO2/c1-11-9-8(10)6-5-7-3-2-4-7/h7H,2-4H2,1H3,(H,9,10). The van der Waals surface area contributed by atoms with Gasteiger partial charge >= 0.3 is 5.91 Å². The number of carbonyl (C=O) groups is 1. The number of amides is 1. The number of hydroxylamine groups is 1. The zero-order valence-corrected chi connectivity index (χ0v) is 6.52. The number of carbonyl (C=O) groups excluding carboxylic acids is 1. The third-order valence-electron chi connectivity index (χ3n) is 1.69. The predicted octanol–water partition coefficient (Wildman–Crippen LogP) is 0.467. The molecule has 0 unspecified atom stereocenters. The number of rotatable bonds is 1. The quantitative estimate of drug-likeness (QED) is 0.439. The molecule has 60 valence electrons. The molecule has 0 radical (unpaired) electrons. The summed E-state index contributed by atoms with van der Waals surface area (Å²) in [7, 11) is 1.39. The van der Waals surface area contributed by atoms with E-state index in [-0.39, 0.29) is 5.91 Å². The Morgan fingerprint density at radius 3 is 2.82 bits per heavy atom. The van der Waals surface area contributed by atoms with Gasteiger partial charge in [-0.1, -0.05) is 12.3 Å². The minimum Gasteiger partial charge on any atom is -0.276 e. The van der Waals surface area contributed by atoms with Gasteiger partial charge in [-0.05, 0) is 18.8 Å². The molecule has 1 rings (SSSR count). The second-order valence-corrected chi connectivity index (χ2v) is 2.53. The van der Waals surface area contributed by atoms with Crippen LogP contribution in [-0.2, 0) is 9.63 Å². The fraction of sp³-hybridized carbons (Fsp3) is 0.625. The highest BCUT2D eigenvalue weighted by molar-refractivity contribution is 5.92. The lowest BCUT2D eigenvalue weighted by Crippen LogP contribution is -2.20. The molecular formula is C8H11NO2. The Bertz CT molecular complexity index is 198. The fourth-order valence-corrected chi connectivity index (χ4v) is 0.838. The second kappa shape index (κ2) is 3.99. The maximum Gasteiger partial charge on any atom is 0.319 e. The molecule has 3 heteroatoms. The van der Waals surface area contributed by atoms with Gasteiger partial charge in [0.05, 0.1) is 7.11 Å². The first kappa shape index (κ1) is 8.09. The van der Waals surface area contributed by atoms with Crippen molar-refractivity contribution in [2.45, 2.75) is 19.3 Å². The normalized spacial score (nSPS) is 16.1. The van der Waals surface area contributed by atoms with Gasteiger partial charge < -0.3 is 0 Å². The number of hydrogen-bond acceptors (Lipinski definition) is 2. The van der Waals surface area contributed by atoms with E-state index in [9.17, 15) is 4.79 Å². The van der Waals surface area contributed by atoms with Gasteiger partial charge in [0.25, 0.3) is 0 Å². The van der Waals surface area contributed by atoms with Gasteiger partial charge in [-0.2, -0.15) is 0 Å². The fourth-order valence-electron chi connectivity index (χ4n) is 0.838. The van der Waals surface area contributed by atoms with Crippen LogP contribution in [0.4, 0.5) is 0 Å². The molecule has 0 atom stereocenters. The summed E-state index contributed by atoms with van der Waals surface area (Å²) < 4.78 is 0. The number of nitrogens with one attached hydrogen (secondary N) is 1. The molecule has 0 heterocycles. The molecular weight excluding hydrogens is 142 g/mol. The van der Waals surface area contributed by atoms with Crippen molar-refractivity contribution in [2.75, 3.05) is 7.11 Å². The molecule has 0 bridgehead atoms.